The van der Waals surface area contributed by atoms with Crippen LogP contribution in [-0.2, 0) is 10.0 Å². The van der Waals surface area contributed by atoms with Crippen molar-refractivity contribution in [2.45, 2.75) is 11.8 Å². The lowest BCUT2D eigenvalue weighted by molar-refractivity contribution is 0.535. The molecule has 0 fully saturated rings. The molecule has 3 nitrogen and oxygen atoms in total. The second kappa shape index (κ2) is 8.95. The van der Waals surface area contributed by atoms with Crippen LogP contribution < -0.4 is 0 Å². The van der Waals surface area contributed by atoms with Gasteiger partial charge in [0.05, 0.1) is 7.64 Å². The quantitative estimate of drug-likeness (QED) is 0.502. The molecule has 138 valence electrons. The molecule has 3 aromatic rings. The Bertz CT molecular complexity index is 1230. The standard InChI is InChI=1S/C24H19NO2S/c1-21-14-16-24(17-15-21)28(26,27)25(20-18-23-11-6-3-7-12-23)19-8-13-22-9-4-2-5-10-22/h2-7,9-12,14-17H,19H2,1H3/i19D2. The van der Waals surface area contributed by atoms with E-state index >= 15 is 0 Å². The molecule has 0 aliphatic heterocycles. The molecule has 3 rings (SSSR count). The normalized spacial score (nSPS) is 11.8. The van der Waals surface area contributed by atoms with Gasteiger partial charge < -0.3 is 0 Å². The highest BCUT2D eigenvalue weighted by atomic mass is 32.2. The van der Waals surface area contributed by atoms with E-state index in [2.05, 4.69) is 23.8 Å². The van der Waals surface area contributed by atoms with Gasteiger partial charge in [-0.05, 0) is 49.2 Å². The van der Waals surface area contributed by atoms with Gasteiger partial charge in [0, 0.05) is 17.2 Å². The summed E-state index contributed by atoms with van der Waals surface area (Å²) < 4.78 is 43.7. The number of hydrogen-bond donors (Lipinski definition) is 0. The van der Waals surface area contributed by atoms with Gasteiger partial charge in [0.25, 0.3) is 10.0 Å². The summed E-state index contributed by atoms with van der Waals surface area (Å²) in [5.74, 6) is 7.85. The molecule has 0 amide bonds. The van der Waals surface area contributed by atoms with Crippen molar-refractivity contribution >= 4 is 10.0 Å². The zero-order valence-corrected chi connectivity index (χ0v) is 16.1. The predicted octanol–water partition coefficient (Wildman–Crippen LogP) is 4.05. The largest absolute Gasteiger partial charge is 0.271 e. The van der Waals surface area contributed by atoms with Crippen LogP contribution in [0.4, 0.5) is 0 Å². The fourth-order valence-corrected chi connectivity index (χ4v) is 3.30. The molecular weight excluding hydrogens is 366 g/mol. The van der Waals surface area contributed by atoms with E-state index in [1.807, 2.05) is 19.1 Å². The first-order valence-electron chi connectivity index (χ1n) is 9.56. The first-order valence-corrected chi connectivity index (χ1v) is 10.0. The summed E-state index contributed by atoms with van der Waals surface area (Å²) in [5.41, 5.74) is 2.03. The van der Waals surface area contributed by atoms with Crippen LogP contribution in [0.1, 0.15) is 19.4 Å². The molecule has 0 bridgehead atoms. The van der Waals surface area contributed by atoms with E-state index in [4.69, 9.17) is 2.74 Å². The molecule has 0 spiro atoms. The smallest absolute Gasteiger partial charge is 0.212 e. The molecule has 0 aliphatic carbocycles. The van der Waals surface area contributed by atoms with Crippen LogP contribution in [-0.4, -0.2) is 19.2 Å². The van der Waals surface area contributed by atoms with Crippen molar-refractivity contribution < 1.29 is 11.2 Å². The molecule has 0 N–H and O–H groups in total. The predicted molar refractivity (Wildman–Crippen MR) is 112 cm³/mol. The van der Waals surface area contributed by atoms with Crippen molar-refractivity contribution in [3.63, 3.8) is 0 Å². The van der Waals surface area contributed by atoms with Gasteiger partial charge in [0.15, 0.2) is 0 Å². The fraction of sp³-hybridized carbons (Fsp3) is 0.0833. The Morgan fingerprint density at radius 1 is 0.821 bits per heavy atom. The Morgan fingerprint density at radius 3 is 1.93 bits per heavy atom. The Balaban J connectivity index is 2.08. The van der Waals surface area contributed by atoms with Gasteiger partial charge in [-0.15, -0.1) is 0 Å². The summed E-state index contributed by atoms with van der Waals surface area (Å²) in [6, 6.07) is 26.3. The van der Waals surface area contributed by atoms with E-state index < -0.39 is 16.5 Å². The van der Waals surface area contributed by atoms with E-state index in [0.717, 1.165) is 5.56 Å². The third kappa shape index (κ3) is 5.04. The third-order valence-corrected chi connectivity index (χ3v) is 5.30. The molecule has 0 saturated heterocycles. The first-order chi connectivity index (χ1) is 14.3. The van der Waals surface area contributed by atoms with Crippen LogP contribution in [0.15, 0.2) is 89.8 Å². The van der Waals surface area contributed by atoms with Gasteiger partial charge in [-0.1, -0.05) is 65.9 Å². The Kier molecular flexibility index (Phi) is 5.33. The van der Waals surface area contributed by atoms with Crippen molar-refractivity contribution in [2.75, 3.05) is 6.50 Å². The van der Waals surface area contributed by atoms with Crippen molar-refractivity contribution in [2.24, 2.45) is 0 Å². The number of rotatable bonds is 3. The molecule has 0 unspecified atom stereocenters. The number of hydrogen-bond acceptors (Lipinski definition) is 2. The number of sulfonamides is 1. The molecule has 0 atom stereocenters. The Morgan fingerprint density at radius 2 is 1.36 bits per heavy atom. The second-order valence-electron chi connectivity index (χ2n) is 5.91. The summed E-state index contributed by atoms with van der Waals surface area (Å²) in [6.07, 6.45) is 0. The zero-order chi connectivity index (χ0) is 21.6. The van der Waals surface area contributed by atoms with Crippen LogP contribution in [0.2, 0.25) is 0 Å². The average molecular weight is 388 g/mol. The third-order valence-electron chi connectivity index (χ3n) is 3.77. The molecule has 4 heteroatoms. The van der Waals surface area contributed by atoms with Gasteiger partial charge in [-0.2, -0.15) is 0 Å². The highest BCUT2D eigenvalue weighted by molar-refractivity contribution is 7.89. The van der Waals surface area contributed by atoms with E-state index in [0.29, 0.717) is 15.4 Å². The van der Waals surface area contributed by atoms with E-state index in [9.17, 15) is 8.42 Å². The molecule has 0 heterocycles. The Hall–Kier alpha value is -3.47. The van der Waals surface area contributed by atoms with Crippen molar-refractivity contribution in [1.82, 2.24) is 4.31 Å². The second-order valence-corrected chi connectivity index (χ2v) is 7.70. The summed E-state index contributed by atoms with van der Waals surface area (Å²) in [6.45, 7) is -0.713. The maximum Gasteiger partial charge on any atom is 0.271 e. The van der Waals surface area contributed by atoms with Crippen LogP contribution in [0.5, 0.6) is 0 Å². The average Bonchev–Trinajstić information content (AvgIpc) is 2.74. The fourth-order valence-electron chi connectivity index (χ4n) is 2.27. The number of aryl methyl sites for hydroxylation is 1. The van der Waals surface area contributed by atoms with Gasteiger partial charge in [-0.25, -0.2) is 12.7 Å². The van der Waals surface area contributed by atoms with Crippen molar-refractivity contribution in [1.29, 1.82) is 0 Å². The summed E-state index contributed by atoms with van der Waals surface area (Å²) in [4.78, 5) is -0.0548. The lowest BCUT2D eigenvalue weighted by Gasteiger charge is -2.15. The molecule has 28 heavy (non-hydrogen) atoms. The van der Waals surface area contributed by atoms with E-state index in [-0.39, 0.29) is 4.90 Å². The van der Waals surface area contributed by atoms with Crippen LogP contribution in [0, 0.1) is 30.7 Å². The molecule has 0 radical (unpaired) electrons. The molecule has 0 aliphatic rings. The minimum Gasteiger partial charge on any atom is -0.212 e. The minimum absolute atomic E-state index is 0.0548. The summed E-state index contributed by atoms with van der Waals surface area (Å²) in [5, 5.41) is 0. The molecule has 0 saturated carbocycles. The molecular formula is C24H19NO2S. The van der Waals surface area contributed by atoms with Gasteiger partial charge in [-0.3, -0.25) is 0 Å². The Labute approximate surface area is 169 Å². The number of benzene rings is 3. The lowest BCUT2D eigenvalue weighted by Crippen LogP contribution is -2.27. The molecule has 0 aromatic heterocycles. The molecule has 3 aromatic carbocycles. The highest BCUT2D eigenvalue weighted by Gasteiger charge is 2.21. The van der Waals surface area contributed by atoms with Crippen molar-refractivity contribution in [3.05, 3.63) is 102 Å². The van der Waals surface area contributed by atoms with Crippen molar-refractivity contribution in [3.8, 4) is 23.8 Å². The lowest BCUT2D eigenvalue weighted by atomic mass is 10.2. The first kappa shape index (κ1) is 16.7. The SMILES string of the molecule is [2H]C([2H])(C#Cc1ccccc1)N(C#Cc1ccccc1)S(=O)(=O)c1ccc(C)cc1. The topological polar surface area (TPSA) is 37.4 Å². The van der Waals surface area contributed by atoms with Gasteiger partial charge in [0.1, 0.15) is 6.50 Å². The van der Waals surface area contributed by atoms with E-state index in [1.165, 1.54) is 12.1 Å². The van der Waals surface area contributed by atoms with Crippen LogP contribution in [0.25, 0.3) is 0 Å². The minimum atomic E-state index is -4.27. The number of nitrogens with zero attached hydrogens (tertiary/aromatic N) is 1. The van der Waals surface area contributed by atoms with Gasteiger partial charge in [0.2, 0.25) is 0 Å². The maximum absolute atomic E-state index is 13.2. The van der Waals surface area contributed by atoms with Gasteiger partial charge >= 0.3 is 0 Å². The van der Waals surface area contributed by atoms with E-state index in [1.54, 1.807) is 60.7 Å². The highest BCUT2D eigenvalue weighted by Crippen LogP contribution is 2.15. The monoisotopic (exact) mass is 387 g/mol. The maximum atomic E-state index is 13.2. The van der Waals surface area contributed by atoms with Crippen LogP contribution in [0.3, 0.4) is 0 Å². The summed E-state index contributed by atoms with van der Waals surface area (Å²) >= 11 is 0. The summed E-state index contributed by atoms with van der Waals surface area (Å²) in [7, 11) is -4.27. The zero-order valence-electron chi connectivity index (χ0n) is 17.3. The van der Waals surface area contributed by atoms with Crippen LogP contribution >= 0.6 is 0 Å².